The maximum atomic E-state index is 12.6. The number of benzene rings is 2. The van der Waals surface area contributed by atoms with Gasteiger partial charge in [-0.2, -0.15) is 5.10 Å². The molecule has 2 aromatic heterocycles. The maximum Gasteiger partial charge on any atom is 0.269 e. The van der Waals surface area contributed by atoms with Gasteiger partial charge in [0.15, 0.2) is 0 Å². The van der Waals surface area contributed by atoms with Crippen molar-refractivity contribution >= 4 is 40.4 Å². The van der Waals surface area contributed by atoms with Crippen molar-refractivity contribution in [2.45, 2.75) is 0 Å². The molecule has 0 aliphatic rings. The zero-order chi connectivity index (χ0) is 21.8. The number of nitrogens with two attached hydrogens (primary N) is 1. The number of nitrogens with one attached hydrogen (secondary N) is 2. The largest absolute Gasteiger partial charge is 0.364 e. The first kappa shape index (κ1) is 20.0. The standard InChI is InChI=1S/C22H17N5O3S/c23-20(28)18-10-11-27(26-18)17-8-6-15(7-9-17)24-21(29)14-3-1-4-16(13-14)25-22(30)19-5-2-12-31-19/h1-13H,(H2,23,28)(H,24,29)(H,25,30). The summed E-state index contributed by atoms with van der Waals surface area (Å²) in [5, 5.41) is 11.5. The number of nitrogens with zero attached hydrogens (tertiary/aromatic N) is 2. The van der Waals surface area contributed by atoms with Crippen LogP contribution >= 0.6 is 11.3 Å². The van der Waals surface area contributed by atoms with Crippen molar-refractivity contribution < 1.29 is 14.4 Å². The SMILES string of the molecule is NC(=O)c1ccn(-c2ccc(NC(=O)c3cccc(NC(=O)c4cccs4)c3)cc2)n1. The number of anilines is 2. The molecule has 0 aliphatic heterocycles. The van der Waals surface area contributed by atoms with Gasteiger partial charge in [-0.25, -0.2) is 4.68 Å². The number of hydrogen-bond donors (Lipinski definition) is 3. The summed E-state index contributed by atoms with van der Waals surface area (Å²) in [6.45, 7) is 0. The maximum absolute atomic E-state index is 12.6. The molecule has 4 N–H and O–H groups in total. The van der Waals surface area contributed by atoms with E-state index in [9.17, 15) is 14.4 Å². The first-order chi connectivity index (χ1) is 15.0. The first-order valence-corrected chi connectivity index (χ1v) is 10.1. The lowest BCUT2D eigenvalue weighted by Gasteiger charge is -2.09. The van der Waals surface area contributed by atoms with Crippen molar-refractivity contribution in [2.75, 3.05) is 10.6 Å². The Morgan fingerprint density at radius 2 is 1.65 bits per heavy atom. The molecule has 2 heterocycles. The van der Waals surface area contributed by atoms with Gasteiger partial charge in [-0.1, -0.05) is 12.1 Å². The summed E-state index contributed by atoms with van der Waals surface area (Å²) in [5.41, 5.74) is 7.63. The molecule has 9 heteroatoms. The van der Waals surface area contributed by atoms with Crippen LogP contribution in [-0.2, 0) is 0 Å². The monoisotopic (exact) mass is 431 g/mol. The molecule has 8 nitrogen and oxygen atoms in total. The summed E-state index contributed by atoms with van der Waals surface area (Å²) in [6.07, 6.45) is 1.63. The van der Waals surface area contributed by atoms with Crippen LogP contribution < -0.4 is 16.4 Å². The van der Waals surface area contributed by atoms with Gasteiger partial charge in [-0.3, -0.25) is 14.4 Å². The van der Waals surface area contributed by atoms with E-state index >= 15 is 0 Å². The van der Waals surface area contributed by atoms with Crippen LogP contribution in [0, 0.1) is 0 Å². The Hall–Kier alpha value is -4.24. The number of aromatic nitrogens is 2. The molecule has 4 aromatic rings. The molecule has 4 rings (SSSR count). The highest BCUT2D eigenvalue weighted by Gasteiger charge is 2.11. The van der Waals surface area contributed by atoms with Gasteiger partial charge in [0, 0.05) is 23.1 Å². The third-order valence-corrected chi connectivity index (χ3v) is 5.23. The molecule has 0 saturated carbocycles. The zero-order valence-electron chi connectivity index (χ0n) is 16.1. The predicted octanol–water partition coefficient (Wildman–Crippen LogP) is 3.54. The Morgan fingerprint density at radius 1 is 0.871 bits per heavy atom. The molecule has 0 radical (unpaired) electrons. The van der Waals surface area contributed by atoms with Gasteiger partial charge in [0.05, 0.1) is 10.6 Å². The van der Waals surface area contributed by atoms with E-state index < -0.39 is 5.91 Å². The van der Waals surface area contributed by atoms with Crippen molar-refractivity contribution in [3.8, 4) is 5.69 Å². The van der Waals surface area contributed by atoms with Crippen LogP contribution in [0.5, 0.6) is 0 Å². The Labute approximate surface area is 181 Å². The molecule has 0 unspecified atom stereocenters. The van der Waals surface area contributed by atoms with Crippen LogP contribution in [0.4, 0.5) is 11.4 Å². The average molecular weight is 431 g/mol. The number of primary amides is 1. The second-order valence-corrected chi connectivity index (χ2v) is 7.47. The summed E-state index contributed by atoms with van der Waals surface area (Å²) in [6, 6.07) is 18.7. The van der Waals surface area contributed by atoms with Crippen LogP contribution in [0.3, 0.4) is 0 Å². The second kappa shape index (κ2) is 8.64. The van der Waals surface area contributed by atoms with Gasteiger partial charge in [-0.05, 0) is 60.0 Å². The molecule has 154 valence electrons. The Kier molecular flexibility index (Phi) is 5.59. The minimum Gasteiger partial charge on any atom is -0.364 e. The summed E-state index contributed by atoms with van der Waals surface area (Å²) < 4.78 is 1.52. The fourth-order valence-corrected chi connectivity index (χ4v) is 3.46. The Morgan fingerprint density at radius 3 is 2.32 bits per heavy atom. The molecular weight excluding hydrogens is 414 g/mol. The summed E-state index contributed by atoms with van der Waals surface area (Å²) >= 11 is 1.34. The van der Waals surface area contributed by atoms with Crippen molar-refractivity contribution in [3.63, 3.8) is 0 Å². The fraction of sp³-hybridized carbons (Fsp3) is 0. The number of hydrogen-bond acceptors (Lipinski definition) is 5. The summed E-state index contributed by atoms with van der Waals surface area (Å²) in [5.74, 6) is -1.13. The molecule has 3 amide bonds. The lowest BCUT2D eigenvalue weighted by Crippen LogP contribution is -2.14. The van der Waals surface area contributed by atoms with Gasteiger partial charge >= 0.3 is 0 Å². The van der Waals surface area contributed by atoms with E-state index in [1.54, 1.807) is 66.9 Å². The first-order valence-electron chi connectivity index (χ1n) is 9.22. The number of carbonyl (C=O) groups is 3. The number of rotatable bonds is 6. The van der Waals surface area contributed by atoms with Crippen LogP contribution in [0.1, 0.15) is 30.5 Å². The number of amides is 3. The predicted molar refractivity (Wildman–Crippen MR) is 119 cm³/mol. The third-order valence-electron chi connectivity index (χ3n) is 4.36. The van der Waals surface area contributed by atoms with Crippen LogP contribution in [0.15, 0.2) is 78.3 Å². The lowest BCUT2D eigenvalue weighted by atomic mass is 10.1. The number of carbonyl (C=O) groups excluding carboxylic acids is 3. The molecule has 0 saturated heterocycles. The third kappa shape index (κ3) is 4.68. The van der Waals surface area contributed by atoms with E-state index in [-0.39, 0.29) is 17.5 Å². The van der Waals surface area contributed by atoms with Gasteiger partial charge in [0.2, 0.25) is 0 Å². The minimum atomic E-state index is -0.601. The average Bonchev–Trinajstić information content (AvgIpc) is 3.47. The normalized spacial score (nSPS) is 10.5. The van der Waals surface area contributed by atoms with Gasteiger partial charge in [-0.15, -0.1) is 11.3 Å². The highest BCUT2D eigenvalue weighted by Crippen LogP contribution is 2.17. The lowest BCUT2D eigenvalue weighted by molar-refractivity contribution is 0.0992. The number of thiophene rings is 1. The Bertz CT molecular complexity index is 1250. The molecular formula is C22H17N5O3S. The van der Waals surface area contributed by atoms with E-state index in [4.69, 9.17) is 5.73 Å². The van der Waals surface area contributed by atoms with Crippen LogP contribution in [-0.4, -0.2) is 27.5 Å². The van der Waals surface area contributed by atoms with E-state index in [0.29, 0.717) is 27.5 Å². The van der Waals surface area contributed by atoms with Crippen molar-refractivity contribution in [1.29, 1.82) is 0 Å². The van der Waals surface area contributed by atoms with E-state index in [0.717, 1.165) is 0 Å². The highest BCUT2D eigenvalue weighted by molar-refractivity contribution is 7.12. The topological polar surface area (TPSA) is 119 Å². The molecule has 0 fully saturated rings. The molecule has 0 bridgehead atoms. The van der Waals surface area contributed by atoms with Crippen LogP contribution in [0.25, 0.3) is 5.69 Å². The van der Waals surface area contributed by atoms with E-state index in [2.05, 4.69) is 15.7 Å². The minimum absolute atomic E-state index is 0.170. The molecule has 2 aromatic carbocycles. The fourth-order valence-electron chi connectivity index (χ4n) is 2.84. The van der Waals surface area contributed by atoms with Gasteiger partial charge in [0.1, 0.15) is 5.69 Å². The smallest absolute Gasteiger partial charge is 0.269 e. The van der Waals surface area contributed by atoms with Gasteiger partial charge < -0.3 is 16.4 Å². The summed E-state index contributed by atoms with van der Waals surface area (Å²) in [4.78, 5) is 36.6. The van der Waals surface area contributed by atoms with Crippen LogP contribution in [0.2, 0.25) is 0 Å². The molecule has 0 aliphatic carbocycles. The van der Waals surface area contributed by atoms with Crippen molar-refractivity contribution in [3.05, 3.63) is 94.4 Å². The highest BCUT2D eigenvalue weighted by atomic mass is 32.1. The van der Waals surface area contributed by atoms with Crippen molar-refractivity contribution in [1.82, 2.24) is 9.78 Å². The Balaban J connectivity index is 1.43. The molecule has 0 atom stereocenters. The van der Waals surface area contributed by atoms with Gasteiger partial charge in [0.25, 0.3) is 17.7 Å². The van der Waals surface area contributed by atoms with E-state index in [1.165, 1.54) is 22.1 Å². The quantitative estimate of drug-likeness (QED) is 0.433. The van der Waals surface area contributed by atoms with Crippen molar-refractivity contribution in [2.24, 2.45) is 5.73 Å². The molecule has 0 spiro atoms. The zero-order valence-corrected chi connectivity index (χ0v) is 16.9. The van der Waals surface area contributed by atoms with E-state index in [1.807, 2.05) is 5.38 Å². The second-order valence-electron chi connectivity index (χ2n) is 6.52. The molecule has 31 heavy (non-hydrogen) atoms. The summed E-state index contributed by atoms with van der Waals surface area (Å²) in [7, 11) is 0.